The van der Waals surface area contributed by atoms with Gasteiger partial charge in [0.2, 0.25) is 0 Å². The molecule has 1 aromatic heterocycles. The molecule has 0 unspecified atom stereocenters. The largest absolute Gasteiger partial charge is 0.495 e. The fraction of sp³-hybridized carbons (Fsp3) is 0.172. The molecule has 0 saturated heterocycles. The van der Waals surface area contributed by atoms with Crippen molar-refractivity contribution >= 4 is 40.1 Å². The molecule has 0 spiro atoms. The van der Waals surface area contributed by atoms with Crippen LogP contribution in [0.3, 0.4) is 0 Å². The third-order valence-corrected chi connectivity index (χ3v) is 5.90. The fourth-order valence-corrected chi connectivity index (χ4v) is 4.01. The first kappa shape index (κ1) is 25.4. The lowest BCUT2D eigenvalue weighted by molar-refractivity contribution is -0.119. The van der Waals surface area contributed by atoms with Crippen LogP contribution in [-0.4, -0.2) is 36.5 Å². The van der Waals surface area contributed by atoms with E-state index >= 15 is 0 Å². The van der Waals surface area contributed by atoms with Crippen LogP contribution in [0.1, 0.15) is 38.9 Å². The SMILES string of the molecule is CCc1nc2ccccc2c(C(=O)OCC(=O)Nc2ccc(C(=O)Nc3ccccc3OC)cc2)c1C. The molecular weight excluding hydrogens is 470 g/mol. The predicted molar refractivity (Wildman–Crippen MR) is 142 cm³/mol. The van der Waals surface area contributed by atoms with E-state index in [0.717, 1.165) is 11.3 Å². The number of benzene rings is 3. The molecule has 8 heteroatoms. The average Bonchev–Trinajstić information content (AvgIpc) is 2.92. The van der Waals surface area contributed by atoms with Gasteiger partial charge in [-0.1, -0.05) is 37.3 Å². The summed E-state index contributed by atoms with van der Waals surface area (Å²) < 4.78 is 10.6. The number of fused-ring (bicyclic) bond motifs is 1. The van der Waals surface area contributed by atoms with Gasteiger partial charge in [-0.2, -0.15) is 0 Å². The maximum Gasteiger partial charge on any atom is 0.339 e. The number of nitrogens with zero attached hydrogens (tertiary/aromatic N) is 1. The van der Waals surface area contributed by atoms with Gasteiger partial charge in [-0.05, 0) is 61.4 Å². The van der Waals surface area contributed by atoms with E-state index in [-0.39, 0.29) is 5.91 Å². The van der Waals surface area contributed by atoms with Gasteiger partial charge in [0.1, 0.15) is 5.75 Å². The van der Waals surface area contributed by atoms with E-state index in [1.807, 2.05) is 44.2 Å². The number of para-hydroxylation sites is 3. The summed E-state index contributed by atoms with van der Waals surface area (Å²) in [6.45, 7) is 3.35. The molecule has 3 aromatic carbocycles. The van der Waals surface area contributed by atoms with Crippen molar-refractivity contribution in [2.75, 3.05) is 24.4 Å². The second-order valence-corrected chi connectivity index (χ2v) is 8.29. The average molecular weight is 498 g/mol. The molecule has 2 N–H and O–H groups in total. The minimum absolute atomic E-state index is 0.317. The van der Waals surface area contributed by atoms with E-state index < -0.39 is 18.5 Å². The van der Waals surface area contributed by atoms with E-state index in [9.17, 15) is 14.4 Å². The lowest BCUT2D eigenvalue weighted by Gasteiger charge is -2.13. The Labute approximate surface area is 214 Å². The number of hydrogen-bond acceptors (Lipinski definition) is 6. The van der Waals surface area contributed by atoms with Crippen molar-refractivity contribution in [3.8, 4) is 5.75 Å². The molecule has 8 nitrogen and oxygen atoms in total. The highest BCUT2D eigenvalue weighted by atomic mass is 16.5. The number of nitrogens with one attached hydrogen (secondary N) is 2. The van der Waals surface area contributed by atoms with Gasteiger partial charge in [-0.15, -0.1) is 0 Å². The second kappa shape index (κ2) is 11.3. The zero-order valence-corrected chi connectivity index (χ0v) is 20.8. The number of amides is 2. The van der Waals surface area contributed by atoms with Crippen molar-refractivity contribution in [2.45, 2.75) is 20.3 Å². The van der Waals surface area contributed by atoms with E-state index in [2.05, 4.69) is 15.6 Å². The van der Waals surface area contributed by atoms with Crippen LogP contribution >= 0.6 is 0 Å². The lowest BCUT2D eigenvalue weighted by atomic mass is 10.0. The molecular formula is C29H27N3O5. The number of hydrogen-bond donors (Lipinski definition) is 2. The molecule has 4 aromatic rings. The van der Waals surface area contributed by atoms with E-state index in [1.165, 1.54) is 7.11 Å². The van der Waals surface area contributed by atoms with Crippen molar-refractivity contribution in [3.63, 3.8) is 0 Å². The summed E-state index contributed by atoms with van der Waals surface area (Å²) in [7, 11) is 1.53. The number of anilines is 2. The zero-order chi connectivity index (χ0) is 26.4. The fourth-order valence-electron chi connectivity index (χ4n) is 4.01. The summed E-state index contributed by atoms with van der Waals surface area (Å²) >= 11 is 0. The topological polar surface area (TPSA) is 107 Å². The van der Waals surface area contributed by atoms with Gasteiger partial charge in [0.25, 0.3) is 11.8 Å². The molecule has 4 rings (SSSR count). The summed E-state index contributed by atoms with van der Waals surface area (Å²) in [5.41, 5.74) is 4.10. The number of methoxy groups -OCH3 is 1. The van der Waals surface area contributed by atoms with Gasteiger partial charge in [-0.25, -0.2) is 4.79 Å². The highest BCUT2D eigenvalue weighted by Gasteiger charge is 2.19. The van der Waals surface area contributed by atoms with Gasteiger partial charge >= 0.3 is 5.97 Å². The van der Waals surface area contributed by atoms with E-state index in [1.54, 1.807) is 42.5 Å². The molecule has 0 aliphatic carbocycles. The Morgan fingerprint density at radius 1 is 0.892 bits per heavy atom. The lowest BCUT2D eigenvalue weighted by Crippen LogP contribution is -2.22. The van der Waals surface area contributed by atoms with Crippen LogP contribution < -0.4 is 15.4 Å². The molecule has 188 valence electrons. The number of pyridine rings is 1. The molecule has 0 radical (unpaired) electrons. The predicted octanol–water partition coefficient (Wildman–Crippen LogP) is 5.16. The number of esters is 1. The quantitative estimate of drug-likeness (QED) is 0.326. The van der Waals surface area contributed by atoms with Crippen LogP contribution in [0.15, 0.2) is 72.8 Å². The number of aryl methyl sites for hydroxylation is 1. The molecule has 2 amide bonds. The molecule has 0 aliphatic rings. The van der Waals surface area contributed by atoms with Gasteiger partial charge in [0, 0.05) is 22.3 Å². The molecule has 0 fully saturated rings. The van der Waals surface area contributed by atoms with Crippen LogP contribution in [0.5, 0.6) is 5.75 Å². The maximum atomic E-state index is 12.9. The van der Waals surface area contributed by atoms with Crippen molar-refractivity contribution in [2.24, 2.45) is 0 Å². The molecule has 0 bridgehead atoms. The Hall–Kier alpha value is -4.72. The molecule has 0 saturated carbocycles. The van der Waals surface area contributed by atoms with Crippen LogP contribution in [0, 0.1) is 6.92 Å². The summed E-state index contributed by atoms with van der Waals surface area (Å²) in [5, 5.41) is 6.16. The van der Waals surface area contributed by atoms with Crippen molar-refractivity contribution in [1.29, 1.82) is 0 Å². The summed E-state index contributed by atoms with van der Waals surface area (Å²) in [6, 6.07) is 20.8. The third-order valence-electron chi connectivity index (χ3n) is 5.90. The van der Waals surface area contributed by atoms with Gasteiger partial charge in [0.05, 0.1) is 23.9 Å². The zero-order valence-electron chi connectivity index (χ0n) is 20.8. The van der Waals surface area contributed by atoms with Crippen LogP contribution in [0.2, 0.25) is 0 Å². The Morgan fingerprint density at radius 2 is 1.59 bits per heavy atom. The monoisotopic (exact) mass is 497 g/mol. The van der Waals surface area contributed by atoms with Gasteiger partial charge in [0.15, 0.2) is 6.61 Å². The Bertz CT molecular complexity index is 1460. The standard InChI is InChI=1S/C29H27N3O5/c1-4-22-18(2)27(21-9-5-6-10-23(21)31-22)29(35)37-17-26(33)30-20-15-13-19(14-16-20)28(34)32-24-11-7-8-12-25(24)36-3/h5-16H,4,17H2,1-3H3,(H,30,33)(H,32,34). The van der Waals surface area contributed by atoms with Crippen molar-refractivity contribution in [1.82, 2.24) is 4.98 Å². The summed E-state index contributed by atoms with van der Waals surface area (Å²) in [4.78, 5) is 42.6. The normalized spacial score (nSPS) is 10.6. The van der Waals surface area contributed by atoms with E-state index in [4.69, 9.17) is 9.47 Å². The van der Waals surface area contributed by atoms with Crippen molar-refractivity contribution < 1.29 is 23.9 Å². The number of ether oxygens (including phenoxy) is 2. The Balaban J connectivity index is 1.38. The highest BCUT2D eigenvalue weighted by molar-refractivity contribution is 6.06. The number of carbonyl (C=O) groups excluding carboxylic acids is 3. The second-order valence-electron chi connectivity index (χ2n) is 8.29. The first-order valence-electron chi connectivity index (χ1n) is 11.8. The smallest absolute Gasteiger partial charge is 0.339 e. The number of aromatic nitrogens is 1. The number of carbonyl (C=O) groups is 3. The van der Waals surface area contributed by atoms with Crippen LogP contribution in [0.25, 0.3) is 10.9 Å². The van der Waals surface area contributed by atoms with Crippen LogP contribution in [0.4, 0.5) is 11.4 Å². The third kappa shape index (κ3) is 5.75. The maximum absolute atomic E-state index is 12.9. The Morgan fingerprint density at radius 3 is 2.32 bits per heavy atom. The molecule has 1 heterocycles. The van der Waals surface area contributed by atoms with E-state index in [0.29, 0.717) is 45.6 Å². The highest BCUT2D eigenvalue weighted by Crippen LogP contribution is 2.25. The first-order chi connectivity index (χ1) is 17.9. The first-order valence-corrected chi connectivity index (χ1v) is 11.8. The summed E-state index contributed by atoms with van der Waals surface area (Å²) in [5.74, 6) is -0.839. The molecule has 0 aliphatic heterocycles. The minimum Gasteiger partial charge on any atom is -0.495 e. The Kier molecular flexibility index (Phi) is 7.78. The number of rotatable bonds is 8. The van der Waals surface area contributed by atoms with Gasteiger partial charge in [-0.3, -0.25) is 14.6 Å². The van der Waals surface area contributed by atoms with Crippen LogP contribution in [-0.2, 0) is 16.0 Å². The summed E-state index contributed by atoms with van der Waals surface area (Å²) in [6.07, 6.45) is 0.671. The molecule has 0 atom stereocenters. The van der Waals surface area contributed by atoms with Gasteiger partial charge < -0.3 is 20.1 Å². The molecule has 37 heavy (non-hydrogen) atoms. The van der Waals surface area contributed by atoms with Crippen molar-refractivity contribution in [3.05, 3.63) is 95.2 Å². The minimum atomic E-state index is -0.579.